The third-order valence-electron chi connectivity index (χ3n) is 2.11. The monoisotopic (exact) mass is 170 g/mol. The third kappa shape index (κ3) is 7.58. The Morgan fingerprint density at radius 1 is 1.08 bits per heavy atom. The molecule has 0 bridgehead atoms. The number of hydrogen-bond acceptors (Lipinski definition) is 2. The molecule has 0 aromatic rings. The van der Waals surface area contributed by atoms with E-state index in [-0.39, 0.29) is 0 Å². The highest BCUT2D eigenvalue weighted by molar-refractivity contribution is 5.81. The molecule has 0 aromatic carbocycles. The van der Waals surface area contributed by atoms with Gasteiger partial charge in [0.25, 0.3) is 0 Å². The maximum Gasteiger partial charge on any atom is 0.0345 e. The van der Waals surface area contributed by atoms with E-state index in [0.717, 1.165) is 12.1 Å². The fourth-order valence-electron chi connectivity index (χ4n) is 1.23. The van der Waals surface area contributed by atoms with Gasteiger partial charge in [-0.15, -0.1) is 0 Å². The smallest absolute Gasteiger partial charge is 0.0345 e. The second-order valence-electron chi connectivity index (χ2n) is 3.38. The summed E-state index contributed by atoms with van der Waals surface area (Å²) in [4.78, 5) is 0. The molecule has 0 heterocycles. The van der Waals surface area contributed by atoms with Gasteiger partial charge < -0.3 is 5.84 Å². The lowest BCUT2D eigenvalue weighted by Crippen LogP contribution is -1.95. The number of unbranched alkanes of at least 4 members (excludes halogenated alkanes) is 5. The summed E-state index contributed by atoms with van der Waals surface area (Å²) in [7, 11) is 0. The molecule has 2 heteroatoms. The van der Waals surface area contributed by atoms with Crippen molar-refractivity contribution in [2.45, 2.75) is 58.8 Å². The van der Waals surface area contributed by atoms with Crippen LogP contribution in [0, 0.1) is 0 Å². The van der Waals surface area contributed by atoms with Crippen molar-refractivity contribution in [2.75, 3.05) is 0 Å². The Morgan fingerprint density at radius 2 is 1.67 bits per heavy atom. The standard InChI is InChI=1S/C10H22N2/c1-3-4-5-6-7-8-9-10(2)12-11/h3-9,11H2,1-2H3. The van der Waals surface area contributed by atoms with E-state index in [1.807, 2.05) is 6.92 Å². The summed E-state index contributed by atoms with van der Waals surface area (Å²) >= 11 is 0. The zero-order valence-corrected chi connectivity index (χ0v) is 8.47. The summed E-state index contributed by atoms with van der Waals surface area (Å²) < 4.78 is 0. The summed E-state index contributed by atoms with van der Waals surface area (Å²) in [5.74, 6) is 5.12. The topological polar surface area (TPSA) is 38.4 Å². The fourth-order valence-corrected chi connectivity index (χ4v) is 1.23. The van der Waals surface area contributed by atoms with E-state index in [9.17, 15) is 0 Å². The lowest BCUT2D eigenvalue weighted by Gasteiger charge is -1.99. The number of hydrazone groups is 1. The predicted octanol–water partition coefficient (Wildman–Crippen LogP) is 3.07. The molecule has 0 fully saturated rings. The summed E-state index contributed by atoms with van der Waals surface area (Å²) in [6, 6.07) is 0. The highest BCUT2D eigenvalue weighted by atomic mass is 15.1. The minimum atomic E-state index is 1.07. The van der Waals surface area contributed by atoms with Crippen LogP contribution in [0.4, 0.5) is 0 Å². The molecule has 12 heavy (non-hydrogen) atoms. The van der Waals surface area contributed by atoms with Crippen LogP contribution in [-0.2, 0) is 0 Å². The molecule has 0 aromatic heterocycles. The minimum Gasteiger partial charge on any atom is -0.323 e. The number of nitrogens with zero attached hydrogens (tertiary/aromatic N) is 1. The molecule has 0 spiro atoms. The molecule has 0 aliphatic carbocycles. The van der Waals surface area contributed by atoms with E-state index in [4.69, 9.17) is 5.84 Å². The largest absolute Gasteiger partial charge is 0.323 e. The summed E-state index contributed by atoms with van der Waals surface area (Å²) in [5.41, 5.74) is 1.07. The zero-order chi connectivity index (χ0) is 9.23. The molecule has 0 saturated carbocycles. The average molecular weight is 170 g/mol. The van der Waals surface area contributed by atoms with Gasteiger partial charge in [-0.25, -0.2) is 0 Å². The summed E-state index contributed by atoms with van der Waals surface area (Å²) in [5, 5.41) is 3.64. The van der Waals surface area contributed by atoms with Crippen LogP contribution in [0.15, 0.2) is 5.10 Å². The summed E-state index contributed by atoms with van der Waals surface area (Å²) in [6.45, 7) is 4.23. The molecule has 0 unspecified atom stereocenters. The van der Waals surface area contributed by atoms with Crippen molar-refractivity contribution in [1.82, 2.24) is 0 Å². The van der Waals surface area contributed by atoms with Gasteiger partial charge in [0.15, 0.2) is 0 Å². The van der Waals surface area contributed by atoms with E-state index in [2.05, 4.69) is 12.0 Å². The first-order chi connectivity index (χ1) is 5.81. The van der Waals surface area contributed by atoms with Crippen LogP contribution in [-0.4, -0.2) is 5.71 Å². The molecule has 0 saturated heterocycles. The lowest BCUT2D eigenvalue weighted by molar-refractivity contribution is 0.615. The van der Waals surface area contributed by atoms with Gasteiger partial charge in [-0.05, 0) is 19.8 Å². The van der Waals surface area contributed by atoms with Crippen LogP contribution in [0.1, 0.15) is 58.8 Å². The van der Waals surface area contributed by atoms with Gasteiger partial charge in [-0.1, -0.05) is 39.0 Å². The Kier molecular flexibility index (Phi) is 8.19. The molecule has 0 radical (unpaired) electrons. The Labute approximate surface area is 76.2 Å². The Balaban J connectivity index is 3.00. The van der Waals surface area contributed by atoms with Crippen molar-refractivity contribution in [2.24, 2.45) is 10.9 Å². The molecule has 0 aliphatic heterocycles. The van der Waals surface area contributed by atoms with E-state index in [1.54, 1.807) is 0 Å². The van der Waals surface area contributed by atoms with E-state index < -0.39 is 0 Å². The van der Waals surface area contributed by atoms with Crippen molar-refractivity contribution >= 4 is 5.71 Å². The zero-order valence-electron chi connectivity index (χ0n) is 8.47. The quantitative estimate of drug-likeness (QED) is 0.271. The highest BCUT2D eigenvalue weighted by Gasteiger charge is 1.92. The maximum atomic E-state index is 5.12. The second-order valence-corrected chi connectivity index (χ2v) is 3.38. The van der Waals surface area contributed by atoms with Gasteiger partial charge in [-0.3, -0.25) is 0 Å². The van der Waals surface area contributed by atoms with Crippen molar-refractivity contribution in [3.8, 4) is 0 Å². The first kappa shape index (κ1) is 11.5. The Hall–Kier alpha value is -0.530. The molecule has 0 aliphatic rings. The van der Waals surface area contributed by atoms with Gasteiger partial charge in [-0.2, -0.15) is 5.10 Å². The van der Waals surface area contributed by atoms with Crippen molar-refractivity contribution in [3.63, 3.8) is 0 Å². The van der Waals surface area contributed by atoms with Crippen molar-refractivity contribution in [3.05, 3.63) is 0 Å². The molecule has 2 N–H and O–H groups in total. The van der Waals surface area contributed by atoms with Gasteiger partial charge in [0, 0.05) is 5.71 Å². The molecule has 0 rings (SSSR count). The molecule has 72 valence electrons. The van der Waals surface area contributed by atoms with Crippen LogP contribution in [0.3, 0.4) is 0 Å². The minimum absolute atomic E-state index is 1.07. The number of hydrogen-bond donors (Lipinski definition) is 1. The Bertz CT molecular complexity index is 119. The van der Waals surface area contributed by atoms with E-state index in [0.29, 0.717) is 0 Å². The first-order valence-corrected chi connectivity index (χ1v) is 5.04. The summed E-state index contributed by atoms with van der Waals surface area (Å²) in [6.07, 6.45) is 9.10. The second kappa shape index (κ2) is 8.57. The fraction of sp³-hybridized carbons (Fsp3) is 0.900. The van der Waals surface area contributed by atoms with Gasteiger partial charge in [0.2, 0.25) is 0 Å². The normalized spacial score (nSPS) is 12.0. The van der Waals surface area contributed by atoms with Crippen molar-refractivity contribution < 1.29 is 0 Å². The number of rotatable bonds is 7. The van der Waals surface area contributed by atoms with Crippen molar-refractivity contribution in [1.29, 1.82) is 0 Å². The lowest BCUT2D eigenvalue weighted by atomic mass is 10.1. The molecule has 2 nitrogen and oxygen atoms in total. The van der Waals surface area contributed by atoms with Gasteiger partial charge in [0.1, 0.15) is 0 Å². The molecule has 0 amide bonds. The van der Waals surface area contributed by atoms with Gasteiger partial charge >= 0.3 is 0 Å². The highest BCUT2D eigenvalue weighted by Crippen LogP contribution is 2.06. The molecular weight excluding hydrogens is 148 g/mol. The average Bonchev–Trinajstić information content (AvgIpc) is 2.10. The third-order valence-corrected chi connectivity index (χ3v) is 2.11. The van der Waals surface area contributed by atoms with Crippen LogP contribution in [0.5, 0.6) is 0 Å². The molecule has 0 atom stereocenters. The van der Waals surface area contributed by atoms with Crippen LogP contribution in [0.25, 0.3) is 0 Å². The van der Waals surface area contributed by atoms with Crippen LogP contribution >= 0.6 is 0 Å². The van der Waals surface area contributed by atoms with Crippen LogP contribution < -0.4 is 5.84 Å². The number of nitrogens with two attached hydrogens (primary N) is 1. The van der Waals surface area contributed by atoms with Crippen LogP contribution in [0.2, 0.25) is 0 Å². The Morgan fingerprint density at radius 3 is 2.25 bits per heavy atom. The molecular formula is C10H22N2. The van der Waals surface area contributed by atoms with E-state index >= 15 is 0 Å². The van der Waals surface area contributed by atoms with Gasteiger partial charge in [0.05, 0.1) is 0 Å². The first-order valence-electron chi connectivity index (χ1n) is 5.04. The predicted molar refractivity (Wildman–Crippen MR) is 55.3 cm³/mol. The van der Waals surface area contributed by atoms with E-state index in [1.165, 1.54) is 38.5 Å². The maximum absolute atomic E-state index is 5.12. The SMILES string of the molecule is CCCCCCCCC(C)=NN.